The van der Waals surface area contributed by atoms with E-state index in [2.05, 4.69) is 19.2 Å². The normalized spacial score (nSPS) is 16.0. The minimum Gasteiger partial charge on any atom is -0.383 e. The molecule has 6 nitrogen and oxygen atoms in total. The molecule has 1 unspecified atom stereocenters. The number of nitrogens with zero attached hydrogens (tertiary/aromatic N) is 2. The molecule has 1 saturated carbocycles. The lowest BCUT2D eigenvalue weighted by molar-refractivity contribution is 0.572. The van der Waals surface area contributed by atoms with Gasteiger partial charge in [0, 0.05) is 19.6 Å². The first-order chi connectivity index (χ1) is 9.95. The number of aromatic nitrogens is 2. The van der Waals surface area contributed by atoms with E-state index in [0.29, 0.717) is 12.2 Å². The zero-order chi connectivity index (χ0) is 15.6. The molecular weight excluding hydrogens is 268 g/mol. The van der Waals surface area contributed by atoms with Crippen molar-refractivity contribution in [1.82, 2.24) is 9.13 Å². The van der Waals surface area contributed by atoms with Gasteiger partial charge in [0.15, 0.2) is 0 Å². The third-order valence-corrected chi connectivity index (χ3v) is 4.09. The van der Waals surface area contributed by atoms with Gasteiger partial charge in [-0.05, 0) is 25.7 Å². The monoisotopic (exact) mass is 294 g/mol. The minimum atomic E-state index is -0.341. The average Bonchev–Trinajstić information content (AvgIpc) is 3.25. The molecule has 6 heteroatoms. The standard InChI is InChI=1S/C15H26N4O2/c1-4-5-8-19-13(16)12(14(20)18(3)15(19)21)17-10(2)9-11-6-7-11/h10-11,17H,4-9,16H2,1-3H3. The molecule has 1 aromatic heterocycles. The van der Waals surface area contributed by atoms with Gasteiger partial charge in [0.05, 0.1) is 0 Å². The number of anilines is 2. The molecule has 0 aromatic carbocycles. The van der Waals surface area contributed by atoms with E-state index in [1.54, 1.807) is 0 Å². The predicted molar refractivity (Wildman–Crippen MR) is 85.7 cm³/mol. The number of nitrogen functional groups attached to an aromatic ring is 1. The quantitative estimate of drug-likeness (QED) is 0.799. The molecule has 2 rings (SSSR count). The van der Waals surface area contributed by atoms with Crippen LogP contribution in [0.3, 0.4) is 0 Å². The number of rotatable bonds is 7. The second kappa shape index (κ2) is 6.37. The molecule has 21 heavy (non-hydrogen) atoms. The van der Waals surface area contributed by atoms with E-state index in [9.17, 15) is 9.59 Å². The van der Waals surface area contributed by atoms with Crippen molar-refractivity contribution in [2.75, 3.05) is 11.1 Å². The SMILES string of the molecule is CCCCn1c(N)c(NC(C)CC2CC2)c(=O)n(C)c1=O. The van der Waals surface area contributed by atoms with Gasteiger partial charge < -0.3 is 11.1 Å². The second-order valence-electron chi connectivity index (χ2n) is 6.14. The fraction of sp³-hybridized carbons (Fsp3) is 0.733. The largest absolute Gasteiger partial charge is 0.383 e. The summed E-state index contributed by atoms with van der Waals surface area (Å²) >= 11 is 0. The van der Waals surface area contributed by atoms with Gasteiger partial charge in [0.1, 0.15) is 11.5 Å². The Morgan fingerprint density at radius 1 is 1.38 bits per heavy atom. The zero-order valence-corrected chi connectivity index (χ0v) is 13.2. The van der Waals surface area contributed by atoms with Crippen molar-refractivity contribution in [2.24, 2.45) is 13.0 Å². The van der Waals surface area contributed by atoms with Crippen molar-refractivity contribution in [3.8, 4) is 0 Å². The first-order valence-electron chi connectivity index (χ1n) is 7.81. The third-order valence-electron chi connectivity index (χ3n) is 4.09. The van der Waals surface area contributed by atoms with Gasteiger partial charge in [-0.15, -0.1) is 0 Å². The Morgan fingerprint density at radius 3 is 2.62 bits per heavy atom. The van der Waals surface area contributed by atoms with Crippen LogP contribution in [-0.4, -0.2) is 15.2 Å². The first-order valence-corrected chi connectivity index (χ1v) is 7.81. The summed E-state index contributed by atoms with van der Waals surface area (Å²) in [5.74, 6) is 1.03. The van der Waals surface area contributed by atoms with E-state index in [1.807, 2.05) is 0 Å². The fourth-order valence-electron chi connectivity index (χ4n) is 2.61. The first kappa shape index (κ1) is 15.7. The number of nitrogens with one attached hydrogen (secondary N) is 1. The van der Waals surface area contributed by atoms with Gasteiger partial charge in [-0.25, -0.2) is 4.79 Å². The zero-order valence-electron chi connectivity index (χ0n) is 13.2. The average molecular weight is 294 g/mol. The molecule has 118 valence electrons. The predicted octanol–water partition coefficient (Wildman–Crippen LogP) is 1.53. The maximum absolute atomic E-state index is 12.3. The molecule has 1 atom stereocenters. The Hall–Kier alpha value is -1.72. The van der Waals surface area contributed by atoms with Crippen LogP contribution in [-0.2, 0) is 13.6 Å². The summed E-state index contributed by atoms with van der Waals surface area (Å²) in [6.45, 7) is 4.65. The molecule has 1 aliphatic rings. The second-order valence-corrected chi connectivity index (χ2v) is 6.14. The lowest BCUT2D eigenvalue weighted by Crippen LogP contribution is -2.41. The van der Waals surface area contributed by atoms with Crippen LogP contribution < -0.4 is 22.3 Å². The highest BCUT2D eigenvalue weighted by atomic mass is 16.2. The van der Waals surface area contributed by atoms with Crippen molar-refractivity contribution in [2.45, 2.75) is 58.5 Å². The molecule has 3 N–H and O–H groups in total. The summed E-state index contributed by atoms with van der Waals surface area (Å²) in [6, 6.07) is 0.185. The van der Waals surface area contributed by atoms with Gasteiger partial charge in [0.2, 0.25) is 0 Å². The minimum absolute atomic E-state index is 0.185. The van der Waals surface area contributed by atoms with E-state index in [0.717, 1.165) is 29.7 Å². The van der Waals surface area contributed by atoms with E-state index >= 15 is 0 Å². The molecule has 0 spiro atoms. The number of hydrogen-bond donors (Lipinski definition) is 2. The number of hydrogen-bond acceptors (Lipinski definition) is 4. The molecule has 0 amide bonds. The van der Waals surface area contributed by atoms with E-state index in [4.69, 9.17) is 5.73 Å². The van der Waals surface area contributed by atoms with Crippen LogP contribution in [0.1, 0.15) is 46.0 Å². The Bertz CT molecular complexity index is 613. The van der Waals surface area contributed by atoms with Gasteiger partial charge in [-0.1, -0.05) is 26.2 Å². The smallest absolute Gasteiger partial charge is 0.332 e. The van der Waals surface area contributed by atoms with Crippen LogP contribution in [0.2, 0.25) is 0 Å². The van der Waals surface area contributed by atoms with E-state index in [-0.39, 0.29) is 23.1 Å². The third kappa shape index (κ3) is 3.49. The van der Waals surface area contributed by atoms with Crippen molar-refractivity contribution < 1.29 is 0 Å². The van der Waals surface area contributed by atoms with Crippen molar-refractivity contribution in [1.29, 1.82) is 0 Å². The van der Waals surface area contributed by atoms with Gasteiger partial charge in [0.25, 0.3) is 5.56 Å². The lowest BCUT2D eigenvalue weighted by atomic mass is 10.1. The topological polar surface area (TPSA) is 82.0 Å². The molecule has 0 bridgehead atoms. The molecule has 1 heterocycles. The fourth-order valence-corrected chi connectivity index (χ4v) is 2.61. The summed E-state index contributed by atoms with van der Waals surface area (Å²) < 4.78 is 2.63. The highest BCUT2D eigenvalue weighted by molar-refractivity contribution is 5.61. The number of nitrogens with two attached hydrogens (primary N) is 1. The van der Waals surface area contributed by atoms with Crippen molar-refractivity contribution in [3.05, 3.63) is 20.8 Å². The highest BCUT2D eigenvalue weighted by Crippen LogP contribution is 2.34. The molecule has 1 fully saturated rings. The number of unbranched alkanes of at least 4 members (excludes halogenated alkanes) is 1. The van der Waals surface area contributed by atoms with E-state index < -0.39 is 0 Å². The van der Waals surface area contributed by atoms with Gasteiger partial charge in [-0.2, -0.15) is 0 Å². The molecule has 0 radical (unpaired) electrons. The maximum Gasteiger partial charge on any atom is 0.332 e. The van der Waals surface area contributed by atoms with Crippen LogP contribution >= 0.6 is 0 Å². The molecule has 1 aromatic rings. The van der Waals surface area contributed by atoms with Crippen LogP contribution in [0.25, 0.3) is 0 Å². The summed E-state index contributed by atoms with van der Waals surface area (Å²) in [7, 11) is 1.50. The molecule has 1 aliphatic carbocycles. The highest BCUT2D eigenvalue weighted by Gasteiger charge is 2.25. The van der Waals surface area contributed by atoms with Crippen LogP contribution in [0.4, 0.5) is 11.5 Å². The Labute approximate surface area is 125 Å². The van der Waals surface area contributed by atoms with Crippen LogP contribution in [0.15, 0.2) is 9.59 Å². The Balaban J connectivity index is 2.32. The Kier molecular flexibility index (Phi) is 4.75. The Morgan fingerprint density at radius 2 is 2.05 bits per heavy atom. The van der Waals surface area contributed by atoms with Gasteiger partial charge >= 0.3 is 5.69 Å². The summed E-state index contributed by atoms with van der Waals surface area (Å²) in [5, 5.41) is 3.22. The van der Waals surface area contributed by atoms with Crippen molar-refractivity contribution >= 4 is 11.5 Å². The molecular formula is C15H26N4O2. The van der Waals surface area contributed by atoms with Crippen molar-refractivity contribution in [3.63, 3.8) is 0 Å². The van der Waals surface area contributed by atoms with Gasteiger partial charge in [-0.3, -0.25) is 13.9 Å². The summed E-state index contributed by atoms with van der Waals surface area (Å²) in [5.41, 5.74) is 5.76. The lowest BCUT2D eigenvalue weighted by Gasteiger charge is -2.19. The maximum atomic E-state index is 12.3. The molecule has 0 aliphatic heterocycles. The van der Waals surface area contributed by atoms with Crippen LogP contribution in [0, 0.1) is 5.92 Å². The van der Waals surface area contributed by atoms with E-state index in [1.165, 1.54) is 24.5 Å². The summed E-state index contributed by atoms with van der Waals surface area (Å²) in [4.78, 5) is 24.4. The summed E-state index contributed by atoms with van der Waals surface area (Å²) in [6.07, 6.45) is 5.41. The molecule has 0 saturated heterocycles. The van der Waals surface area contributed by atoms with Crippen LogP contribution in [0.5, 0.6) is 0 Å².